The third-order valence-electron chi connectivity index (χ3n) is 6.54. The summed E-state index contributed by atoms with van der Waals surface area (Å²) in [6.45, 7) is 5.02. The Morgan fingerprint density at radius 1 is 1.14 bits per heavy atom. The summed E-state index contributed by atoms with van der Waals surface area (Å²) in [5.41, 5.74) is 2.35. The van der Waals surface area contributed by atoms with Gasteiger partial charge < -0.3 is 14.4 Å². The van der Waals surface area contributed by atoms with Crippen molar-refractivity contribution < 1.29 is 9.47 Å². The van der Waals surface area contributed by atoms with E-state index >= 15 is 0 Å². The molecule has 8 heteroatoms. The molecule has 0 aliphatic carbocycles. The number of thiophene rings is 1. The van der Waals surface area contributed by atoms with Crippen LogP contribution in [-0.4, -0.2) is 48.3 Å². The molecule has 1 unspecified atom stereocenters. The molecule has 1 atom stereocenters. The number of halogens is 1. The van der Waals surface area contributed by atoms with Gasteiger partial charge in [-0.05, 0) is 62.3 Å². The summed E-state index contributed by atoms with van der Waals surface area (Å²) < 4.78 is 14.0. The van der Waals surface area contributed by atoms with Gasteiger partial charge in [0.15, 0.2) is 11.5 Å². The van der Waals surface area contributed by atoms with Gasteiger partial charge in [0.2, 0.25) is 0 Å². The third-order valence-corrected chi connectivity index (χ3v) is 7.95. The predicted octanol–water partition coefficient (Wildman–Crippen LogP) is 5.89. The monoisotopic (exact) mass is 509 g/mol. The van der Waals surface area contributed by atoms with Crippen LogP contribution in [0.3, 0.4) is 0 Å². The maximum Gasteiger partial charge on any atom is 0.275 e. The molecule has 3 heterocycles. The van der Waals surface area contributed by atoms with Gasteiger partial charge in [-0.15, -0.1) is 11.3 Å². The summed E-state index contributed by atoms with van der Waals surface area (Å²) in [6.07, 6.45) is 3.88. The molecule has 0 spiro atoms. The lowest BCUT2D eigenvalue weighted by Gasteiger charge is -2.38. The van der Waals surface area contributed by atoms with Gasteiger partial charge >= 0.3 is 0 Å². The summed E-state index contributed by atoms with van der Waals surface area (Å²) in [6, 6.07) is 15.1. The maximum absolute atomic E-state index is 13.4. The average molecular weight is 510 g/mol. The number of hydrogen-bond acceptors (Lipinski definition) is 6. The van der Waals surface area contributed by atoms with E-state index in [0.29, 0.717) is 39.0 Å². The van der Waals surface area contributed by atoms with Gasteiger partial charge in [0, 0.05) is 27.9 Å². The van der Waals surface area contributed by atoms with E-state index in [0.717, 1.165) is 30.0 Å². The number of rotatable bonds is 6. The number of fused-ring (bicyclic) bond motifs is 1. The molecule has 182 valence electrons. The van der Waals surface area contributed by atoms with Crippen LogP contribution in [0.25, 0.3) is 26.3 Å². The first-order valence-corrected chi connectivity index (χ1v) is 12.8. The van der Waals surface area contributed by atoms with Crippen molar-refractivity contribution in [2.24, 2.45) is 5.41 Å². The van der Waals surface area contributed by atoms with E-state index in [1.165, 1.54) is 17.8 Å². The van der Waals surface area contributed by atoms with Gasteiger partial charge in [-0.3, -0.25) is 9.36 Å². The fourth-order valence-electron chi connectivity index (χ4n) is 4.73. The van der Waals surface area contributed by atoms with Crippen molar-refractivity contribution in [3.63, 3.8) is 0 Å². The molecule has 0 saturated carbocycles. The minimum Gasteiger partial charge on any atom is -0.493 e. The van der Waals surface area contributed by atoms with Crippen LogP contribution in [0.4, 0.5) is 0 Å². The molecule has 0 radical (unpaired) electrons. The quantitative estimate of drug-likeness (QED) is 0.324. The van der Waals surface area contributed by atoms with Crippen molar-refractivity contribution in [1.82, 2.24) is 14.5 Å². The van der Waals surface area contributed by atoms with Crippen LogP contribution in [0.2, 0.25) is 5.02 Å². The zero-order valence-electron chi connectivity index (χ0n) is 20.1. The molecule has 4 aromatic rings. The van der Waals surface area contributed by atoms with E-state index in [9.17, 15) is 4.79 Å². The molecule has 1 aliphatic heterocycles. The summed E-state index contributed by atoms with van der Waals surface area (Å²) in [4.78, 5) is 21.2. The number of nitrogens with zero attached hydrogens (tertiary/aromatic N) is 3. The Morgan fingerprint density at radius 3 is 2.69 bits per heavy atom. The molecule has 1 aliphatic rings. The average Bonchev–Trinajstić information content (AvgIpc) is 3.29. The zero-order valence-corrected chi connectivity index (χ0v) is 21.7. The van der Waals surface area contributed by atoms with Gasteiger partial charge in [-0.1, -0.05) is 30.7 Å². The van der Waals surface area contributed by atoms with Crippen LogP contribution in [0.1, 0.15) is 19.8 Å². The summed E-state index contributed by atoms with van der Waals surface area (Å²) in [7, 11) is 3.77. The Morgan fingerprint density at radius 2 is 1.94 bits per heavy atom. The second-order valence-corrected chi connectivity index (χ2v) is 11.0. The lowest BCUT2D eigenvalue weighted by atomic mass is 9.83. The Hall–Kier alpha value is -2.87. The second kappa shape index (κ2) is 9.64. The first kappa shape index (κ1) is 23.9. The predicted molar refractivity (Wildman–Crippen MR) is 143 cm³/mol. The van der Waals surface area contributed by atoms with Crippen LogP contribution in [-0.2, 0) is 0 Å². The molecule has 2 aromatic carbocycles. The van der Waals surface area contributed by atoms with Crippen molar-refractivity contribution >= 4 is 33.2 Å². The summed E-state index contributed by atoms with van der Waals surface area (Å²) >= 11 is 7.45. The lowest BCUT2D eigenvalue weighted by Crippen LogP contribution is -2.42. The minimum atomic E-state index is -0.117. The SMILES string of the molecule is COc1cc(-n2cnc3cc(-c4ccc(Cl)cc4)sc3c2=O)ccc1OCC1(C)CCCN(C)C1. The highest BCUT2D eigenvalue weighted by molar-refractivity contribution is 7.22. The van der Waals surface area contributed by atoms with E-state index < -0.39 is 0 Å². The smallest absolute Gasteiger partial charge is 0.275 e. The Kier molecular flexibility index (Phi) is 6.57. The first-order valence-electron chi connectivity index (χ1n) is 11.6. The Labute approximate surface area is 213 Å². The fourth-order valence-corrected chi connectivity index (χ4v) is 5.91. The molecule has 2 aromatic heterocycles. The maximum atomic E-state index is 13.4. The van der Waals surface area contributed by atoms with E-state index in [1.54, 1.807) is 18.0 Å². The largest absolute Gasteiger partial charge is 0.493 e. The zero-order chi connectivity index (χ0) is 24.6. The van der Waals surface area contributed by atoms with Crippen LogP contribution in [0.15, 0.2) is 59.7 Å². The fraction of sp³-hybridized carbons (Fsp3) is 0.333. The standard InChI is InChI=1S/C27H28ClN3O3S/c1-27(11-4-12-30(2)15-27)16-34-22-10-9-20(13-23(22)33-3)31-17-29-21-14-24(35-25(21)26(31)32)18-5-7-19(28)8-6-18/h5-10,13-14,17H,4,11-12,15-16H2,1-3H3. The first-order chi connectivity index (χ1) is 16.8. The Balaban J connectivity index is 1.42. The number of aromatic nitrogens is 2. The number of methoxy groups -OCH3 is 1. The molecule has 6 nitrogen and oxygen atoms in total. The van der Waals surface area contributed by atoms with Crippen molar-refractivity contribution in [1.29, 1.82) is 0 Å². The molecule has 5 rings (SSSR count). The van der Waals surface area contributed by atoms with Crippen molar-refractivity contribution in [2.75, 3.05) is 33.9 Å². The Bertz CT molecular complexity index is 1420. The molecule has 1 fully saturated rings. The van der Waals surface area contributed by atoms with Crippen LogP contribution in [0.5, 0.6) is 11.5 Å². The molecule has 35 heavy (non-hydrogen) atoms. The van der Waals surface area contributed by atoms with Gasteiger partial charge in [-0.2, -0.15) is 0 Å². The number of benzene rings is 2. The molecular formula is C27H28ClN3O3S. The molecular weight excluding hydrogens is 482 g/mol. The molecule has 0 bridgehead atoms. The van der Waals surface area contributed by atoms with Crippen LogP contribution in [0, 0.1) is 5.41 Å². The number of hydrogen-bond donors (Lipinski definition) is 0. The van der Waals surface area contributed by atoms with Crippen molar-refractivity contribution in [2.45, 2.75) is 19.8 Å². The van der Waals surface area contributed by atoms with E-state index in [2.05, 4.69) is 23.9 Å². The van der Waals surface area contributed by atoms with Crippen molar-refractivity contribution in [3.8, 4) is 27.6 Å². The summed E-state index contributed by atoms with van der Waals surface area (Å²) in [5, 5.41) is 0.678. The normalized spacial score (nSPS) is 18.6. The number of piperidine rings is 1. The molecule has 1 saturated heterocycles. The highest BCUT2D eigenvalue weighted by atomic mass is 35.5. The van der Waals surface area contributed by atoms with Crippen LogP contribution < -0.4 is 15.0 Å². The van der Waals surface area contributed by atoms with E-state index in [4.69, 9.17) is 21.1 Å². The summed E-state index contributed by atoms with van der Waals surface area (Å²) in [5.74, 6) is 1.27. The van der Waals surface area contributed by atoms with Gasteiger partial charge in [0.25, 0.3) is 5.56 Å². The van der Waals surface area contributed by atoms with E-state index in [-0.39, 0.29) is 11.0 Å². The lowest BCUT2D eigenvalue weighted by molar-refractivity contribution is 0.0688. The molecule has 0 amide bonds. The minimum absolute atomic E-state index is 0.101. The number of ether oxygens (including phenoxy) is 2. The van der Waals surface area contributed by atoms with Gasteiger partial charge in [0.05, 0.1) is 24.9 Å². The molecule has 0 N–H and O–H groups in total. The topological polar surface area (TPSA) is 56.6 Å². The van der Waals surface area contributed by atoms with Crippen LogP contribution >= 0.6 is 22.9 Å². The second-order valence-electron chi connectivity index (χ2n) is 9.53. The van der Waals surface area contributed by atoms with Crippen molar-refractivity contribution in [3.05, 3.63) is 70.2 Å². The van der Waals surface area contributed by atoms with Gasteiger partial charge in [-0.25, -0.2) is 4.98 Å². The highest BCUT2D eigenvalue weighted by Crippen LogP contribution is 2.35. The number of likely N-dealkylation sites (tertiary alicyclic amines) is 1. The van der Waals surface area contributed by atoms with Gasteiger partial charge in [0.1, 0.15) is 11.0 Å². The highest BCUT2D eigenvalue weighted by Gasteiger charge is 2.30. The third kappa shape index (κ3) is 4.94. The van der Waals surface area contributed by atoms with E-state index in [1.807, 2.05) is 48.5 Å².